The summed E-state index contributed by atoms with van der Waals surface area (Å²) in [5.74, 6) is 2.34. The van der Waals surface area contributed by atoms with Crippen LogP contribution in [0.1, 0.15) is 41.0 Å². The predicted molar refractivity (Wildman–Crippen MR) is 178 cm³/mol. The fourth-order valence-electron chi connectivity index (χ4n) is 5.92. The van der Waals surface area contributed by atoms with Crippen LogP contribution in [0.15, 0.2) is 78.9 Å². The topological polar surface area (TPSA) is 68.3 Å². The van der Waals surface area contributed by atoms with E-state index in [-0.39, 0.29) is 23.8 Å². The van der Waals surface area contributed by atoms with Crippen molar-refractivity contribution >= 4 is 40.1 Å². The number of anilines is 1. The van der Waals surface area contributed by atoms with E-state index in [1.54, 1.807) is 9.80 Å². The number of hydrogen-bond acceptors (Lipinski definition) is 5. The highest BCUT2D eigenvalue weighted by Gasteiger charge is 2.40. The minimum Gasteiger partial charge on any atom is -0.478 e. The molecule has 0 saturated carbocycles. The Bertz CT molecular complexity index is 1730. The van der Waals surface area contributed by atoms with Crippen molar-refractivity contribution in [2.45, 2.75) is 52.7 Å². The van der Waals surface area contributed by atoms with E-state index >= 15 is 0 Å². The number of ether oxygens (including phenoxy) is 3. The number of nitrogens with zero attached hydrogens (tertiary/aromatic N) is 2. The van der Waals surface area contributed by atoms with Gasteiger partial charge in [0.15, 0.2) is 6.10 Å². The predicted octanol–water partition coefficient (Wildman–Crippen LogP) is 8.96. The van der Waals surface area contributed by atoms with Crippen molar-refractivity contribution in [2.24, 2.45) is 11.8 Å². The lowest BCUT2D eigenvalue weighted by Gasteiger charge is -2.43. The van der Waals surface area contributed by atoms with Gasteiger partial charge in [0.25, 0.3) is 5.91 Å². The largest absolute Gasteiger partial charge is 0.478 e. The number of halogens is 1. The molecule has 2 heterocycles. The van der Waals surface area contributed by atoms with Crippen LogP contribution in [0.5, 0.6) is 17.2 Å². The highest BCUT2D eigenvalue weighted by molar-refractivity contribution is 6.34. The summed E-state index contributed by atoms with van der Waals surface area (Å²) < 4.78 is 18.2. The zero-order chi connectivity index (χ0) is 31.9. The quantitative estimate of drug-likeness (QED) is 0.205. The summed E-state index contributed by atoms with van der Waals surface area (Å²) in [7, 11) is 0. The van der Waals surface area contributed by atoms with Crippen molar-refractivity contribution in [2.75, 3.05) is 24.5 Å². The molecule has 1 fully saturated rings. The van der Waals surface area contributed by atoms with E-state index < -0.39 is 11.7 Å². The van der Waals surface area contributed by atoms with Gasteiger partial charge in [0.2, 0.25) is 0 Å². The minimum absolute atomic E-state index is 0.0838. The van der Waals surface area contributed by atoms with E-state index in [1.807, 2.05) is 87.5 Å². The molecule has 0 N–H and O–H groups in total. The number of amides is 2. The fourth-order valence-corrected chi connectivity index (χ4v) is 6.18. The van der Waals surface area contributed by atoms with Crippen molar-refractivity contribution in [3.63, 3.8) is 0 Å². The highest BCUT2D eigenvalue weighted by atomic mass is 35.5. The Morgan fingerprint density at radius 1 is 0.956 bits per heavy atom. The van der Waals surface area contributed by atoms with Gasteiger partial charge in [-0.3, -0.25) is 4.79 Å². The SMILES string of the molecule is CC(C)CC1Oc2cc(-c3cc(Oc4ccccc4)cc4ccccc34)c(Cl)cc2N(CC2CN(C(=O)OC(C)(C)C)C2)C1=O. The zero-order valence-corrected chi connectivity index (χ0v) is 27.1. The molecule has 4 aromatic rings. The Labute approximate surface area is 269 Å². The van der Waals surface area contributed by atoms with Crippen LogP contribution in [-0.4, -0.2) is 48.2 Å². The number of para-hydroxylation sites is 1. The number of hydrogen-bond donors (Lipinski definition) is 0. The van der Waals surface area contributed by atoms with Crippen LogP contribution in [-0.2, 0) is 9.53 Å². The molecule has 1 unspecified atom stereocenters. The third-order valence-electron chi connectivity index (χ3n) is 7.99. The monoisotopic (exact) mass is 626 g/mol. The van der Waals surface area contributed by atoms with E-state index in [2.05, 4.69) is 26.0 Å². The maximum Gasteiger partial charge on any atom is 0.410 e. The normalized spacial score (nSPS) is 16.8. The Balaban J connectivity index is 1.34. The van der Waals surface area contributed by atoms with Gasteiger partial charge >= 0.3 is 6.09 Å². The minimum atomic E-state index is -0.613. The average molecular weight is 627 g/mol. The summed E-state index contributed by atoms with van der Waals surface area (Å²) in [5, 5.41) is 2.55. The molecule has 2 aliphatic heterocycles. The molecule has 0 aromatic heterocycles. The molecule has 1 atom stereocenters. The summed E-state index contributed by atoms with van der Waals surface area (Å²) >= 11 is 7.05. The number of carbonyl (C=O) groups excluding carboxylic acids is 2. The fraction of sp³-hybridized carbons (Fsp3) is 0.351. The second-order valence-electron chi connectivity index (χ2n) is 13.3. The maximum atomic E-state index is 13.8. The summed E-state index contributed by atoms with van der Waals surface area (Å²) in [6.45, 7) is 11.2. The van der Waals surface area contributed by atoms with Gasteiger partial charge in [0, 0.05) is 31.1 Å². The van der Waals surface area contributed by atoms with E-state index in [0.717, 1.165) is 27.6 Å². The lowest BCUT2D eigenvalue weighted by Crippen LogP contribution is -2.57. The molecule has 0 radical (unpaired) electrons. The highest BCUT2D eigenvalue weighted by Crippen LogP contribution is 2.45. The molecule has 2 amide bonds. The molecule has 6 rings (SSSR count). The van der Waals surface area contributed by atoms with Crippen LogP contribution in [0, 0.1) is 11.8 Å². The van der Waals surface area contributed by atoms with Crippen LogP contribution < -0.4 is 14.4 Å². The Morgan fingerprint density at radius 3 is 2.38 bits per heavy atom. The lowest BCUT2D eigenvalue weighted by molar-refractivity contribution is -0.127. The number of rotatable bonds is 7. The second-order valence-corrected chi connectivity index (χ2v) is 13.8. The number of carbonyl (C=O) groups is 2. The van der Waals surface area contributed by atoms with Crippen LogP contribution >= 0.6 is 11.6 Å². The molecule has 0 spiro atoms. The first-order valence-corrected chi connectivity index (χ1v) is 15.9. The number of fused-ring (bicyclic) bond motifs is 2. The first-order chi connectivity index (χ1) is 21.4. The van der Waals surface area contributed by atoms with E-state index in [4.69, 9.17) is 25.8 Å². The molecule has 7 nitrogen and oxygen atoms in total. The van der Waals surface area contributed by atoms with E-state index in [1.165, 1.54) is 0 Å². The molecule has 0 bridgehead atoms. The van der Waals surface area contributed by atoms with Gasteiger partial charge in [-0.1, -0.05) is 67.9 Å². The lowest BCUT2D eigenvalue weighted by atomic mass is 9.95. The van der Waals surface area contributed by atoms with Crippen LogP contribution in [0.2, 0.25) is 5.02 Å². The van der Waals surface area contributed by atoms with E-state index in [9.17, 15) is 9.59 Å². The van der Waals surface area contributed by atoms with Gasteiger partial charge in [-0.2, -0.15) is 0 Å². The molecule has 2 aliphatic rings. The van der Waals surface area contributed by atoms with Crippen LogP contribution in [0.25, 0.3) is 21.9 Å². The number of likely N-dealkylation sites (tertiary alicyclic amines) is 1. The van der Waals surface area contributed by atoms with Crippen molar-refractivity contribution in [3.8, 4) is 28.4 Å². The average Bonchev–Trinajstić information content (AvgIpc) is 2.95. The van der Waals surface area contributed by atoms with Crippen molar-refractivity contribution in [1.29, 1.82) is 0 Å². The van der Waals surface area contributed by atoms with Gasteiger partial charge in [-0.05, 0) is 85.8 Å². The molecule has 234 valence electrons. The molecule has 4 aromatic carbocycles. The number of benzene rings is 4. The Morgan fingerprint density at radius 2 is 1.67 bits per heavy atom. The molecule has 8 heteroatoms. The van der Waals surface area contributed by atoms with Gasteiger partial charge in [-0.15, -0.1) is 0 Å². The second kappa shape index (κ2) is 12.3. The third-order valence-corrected chi connectivity index (χ3v) is 8.30. The first kappa shape index (κ1) is 30.8. The van der Waals surface area contributed by atoms with Crippen LogP contribution in [0.3, 0.4) is 0 Å². The molecule has 0 aliphatic carbocycles. The summed E-state index contributed by atoms with van der Waals surface area (Å²) in [6, 6.07) is 25.6. The molecule has 45 heavy (non-hydrogen) atoms. The van der Waals surface area contributed by atoms with Gasteiger partial charge in [0.1, 0.15) is 22.8 Å². The zero-order valence-electron chi connectivity index (χ0n) is 26.4. The standard InChI is InChI=1S/C37H39ClN2O5/c1-23(2)15-34-35(41)40(22-24-20-39(21-24)36(42)45-37(3,4)5)32-19-31(38)30(18-33(32)44-34)29-17-27(43-26-12-7-6-8-13-26)16-25-11-9-10-14-28(25)29/h6-14,16-19,23-24,34H,15,20-22H2,1-5H3. The summed E-state index contributed by atoms with van der Waals surface area (Å²) in [5.41, 5.74) is 1.79. The third kappa shape index (κ3) is 6.74. The van der Waals surface area contributed by atoms with Crippen molar-refractivity contribution in [1.82, 2.24) is 4.90 Å². The van der Waals surface area contributed by atoms with Crippen LogP contribution in [0.4, 0.5) is 10.5 Å². The maximum absolute atomic E-state index is 13.8. The molecular formula is C37H39ClN2O5. The van der Waals surface area contributed by atoms with Crippen molar-refractivity contribution < 1.29 is 23.8 Å². The van der Waals surface area contributed by atoms with Crippen molar-refractivity contribution in [3.05, 3.63) is 83.9 Å². The summed E-state index contributed by atoms with van der Waals surface area (Å²) in [6.07, 6.45) is -0.355. The smallest absolute Gasteiger partial charge is 0.410 e. The molecular weight excluding hydrogens is 588 g/mol. The Kier molecular flexibility index (Phi) is 8.40. The summed E-state index contributed by atoms with van der Waals surface area (Å²) in [4.78, 5) is 29.8. The van der Waals surface area contributed by atoms with Gasteiger partial charge in [0.05, 0.1) is 10.7 Å². The van der Waals surface area contributed by atoms with E-state index in [0.29, 0.717) is 48.3 Å². The molecule has 1 saturated heterocycles. The van der Waals surface area contributed by atoms with Gasteiger partial charge in [-0.25, -0.2) is 4.79 Å². The Hall–Kier alpha value is -4.23. The van der Waals surface area contributed by atoms with Gasteiger partial charge < -0.3 is 24.0 Å². The first-order valence-electron chi connectivity index (χ1n) is 15.5.